The van der Waals surface area contributed by atoms with Gasteiger partial charge in [-0.25, -0.2) is 4.68 Å². The Morgan fingerprint density at radius 2 is 2.16 bits per heavy atom. The maximum absolute atomic E-state index is 6.01. The molecule has 0 aliphatic carbocycles. The van der Waals surface area contributed by atoms with Crippen molar-refractivity contribution in [2.75, 3.05) is 0 Å². The summed E-state index contributed by atoms with van der Waals surface area (Å²) in [6, 6.07) is 5.47. The fraction of sp³-hybridized carbons (Fsp3) is 0.333. The first-order valence-corrected chi connectivity index (χ1v) is 6.69. The number of halogens is 2. The van der Waals surface area contributed by atoms with Gasteiger partial charge < -0.3 is 0 Å². The van der Waals surface area contributed by atoms with E-state index in [1.807, 2.05) is 23.7 Å². The predicted molar refractivity (Wildman–Crippen MR) is 75.9 cm³/mol. The number of nitrogens with two attached hydrogens (primary N) is 1. The number of aromatic nitrogens is 3. The lowest BCUT2D eigenvalue weighted by molar-refractivity contribution is 0.487. The molecule has 0 amide bonds. The zero-order valence-corrected chi connectivity index (χ0v) is 12.0. The van der Waals surface area contributed by atoms with Gasteiger partial charge in [-0.2, -0.15) is 0 Å². The van der Waals surface area contributed by atoms with Gasteiger partial charge in [0.05, 0.1) is 28.0 Å². The Morgan fingerprint density at radius 1 is 1.37 bits per heavy atom. The van der Waals surface area contributed by atoms with Crippen LogP contribution in [-0.2, 0) is 13.0 Å². The van der Waals surface area contributed by atoms with Gasteiger partial charge in [0.15, 0.2) is 0 Å². The van der Waals surface area contributed by atoms with Crippen molar-refractivity contribution in [3.05, 3.63) is 45.7 Å². The number of hydrogen-bond donors (Lipinski definition) is 2. The molecule has 19 heavy (non-hydrogen) atoms. The molecule has 0 aliphatic heterocycles. The maximum Gasteiger partial charge on any atom is 0.0773 e. The van der Waals surface area contributed by atoms with E-state index in [-0.39, 0.29) is 6.04 Å². The summed E-state index contributed by atoms with van der Waals surface area (Å²) >= 11 is 11.9. The van der Waals surface area contributed by atoms with E-state index < -0.39 is 0 Å². The summed E-state index contributed by atoms with van der Waals surface area (Å²) in [6.07, 6.45) is 2.40. The molecule has 0 aliphatic rings. The SMILES string of the molecule is CCn1nncc1C(Cc1ccc(Cl)c(Cl)c1)NN. The van der Waals surface area contributed by atoms with E-state index in [4.69, 9.17) is 29.0 Å². The minimum absolute atomic E-state index is 0.0767. The average molecular weight is 300 g/mol. The van der Waals surface area contributed by atoms with E-state index in [2.05, 4.69) is 15.7 Å². The van der Waals surface area contributed by atoms with Gasteiger partial charge >= 0.3 is 0 Å². The molecule has 0 spiro atoms. The second-order valence-corrected chi connectivity index (χ2v) is 4.96. The van der Waals surface area contributed by atoms with Gasteiger partial charge in [-0.15, -0.1) is 5.10 Å². The number of nitrogens with one attached hydrogen (secondary N) is 1. The minimum atomic E-state index is -0.0767. The molecule has 0 bridgehead atoms. The van der Waals surface area contributed by atoms with Gasteiger partial charge in [0.2, 0.25) is 0 Å². The van der Waals surface area contributed by atoms with Crippen molar-refractivity contribution in [1.29, 1.82) is 0 Å². The molecule has 0 saturated heterocycles. The summed E-state index contributed by atoms with van der Waals surface area (Å²) in [5.74, 6) is 5.63. The third-order valence-corrected chi connectivity index (χ3v) is 3.67. The van der Waals surface area contributed by atoms with E-state index >= 15 is 0 Å². The smallest absolute Gasteiger partial charge is 0.0773 e. The van der Waals surface area contributed by atoms with Crippen molar-refractivity contribution in [1.82, 2.24) is 20.4 Å². The Kier molecular flexibility index (Phi) is 4.76. The van der Waals surface area contributed by atoms with Crippen LogP contribution in [-0.4, -0.2) is 15.0 Å². The molecule has 0 radical (unpaired) electrons. The van der Waals surface area contributed by atoms with Crippen LogP contribution in [0.4, 0.5) is 0 Å². The highest BCUT2D eigenvalue weighted by Gasteiger charge is 2.16. The second-order valence-electron chi connectivity index (χ2n) is 4.15. The fourth-order valence-electron chi connectivity index (χ4n) is 1.93. The van der Waals surface area contributed by atoms with E-state index in [1.54, 1.807) is 12.3 Å². The maximum atomic E-state index is 6.01. The summed E-state index contributed by atoms with van der Waals surface area (Å²) < 4.78 is 1.81. The number of benzene rings is 1. The zero-order valence-electron chi connectivity index (χ0n) is 10.5. The van der Waals surface area contributed by atoms with Crippen molar-refractivity contribution in [2.45, 2.75) is 25.9 Å². The lowest BCUT2D eigenvalue weighted by Crippen LogP contribution is -2.31. The molecule has 2 rings (SSSR count). The van der Waals surface area contributed by atoms with Crippen LogP contribution in [0.1, 0.15) is 24.2 Å². The fourth-order valence-corrected chi connectivity index (χ4v) is 2.25. The third-order valence-electron chi connectivity index (χ3n) is 2.93. The Bertz CT molecular complexity index is 555. The van der Waals surface area contributed by atoms with Crippen LogP contribution in [0.25, 0.3) is 0 Å². The van der Waals surface area contributed by atoms with Crippen LogP contribution in [0.3, 0.4) is 0 Å². The summed E-state index contributed by atoms with van der Waals surface area (Å²) in [5, 5.41) is 8.99. The average Bonchev–Trinajstić information content (AvgIpc) is 2.88. The Labute approximate surface area is 121 Å². The summed E-state index contributed by atoms with van der Waals surface area (Å²) in [6.45, 7) is 2.75. The Hall–Kier alpha value is -1.14. The molecule has 5 nitrogen and oxygen atoms in total. The molecular formula is C12H15Cl2N5. The quantitative estimate of drug-likeness (QED) is 0.657. The van der Waals surface area contributed by atoms with E-state index in [1.165, 1.54) is 0 Å². The number of aryl methyl sites for hydroxylation is 1. The Balaban J connectivity index is 2.21. The molecular weight excluding hydrogens is 285 g/mol. The first-order valence-electron chi connectivity index (χ1n) is 5.94. The third kappa shape index (κ3) is 3.25. The molecule has 3 N–H and O–H groups in total. The van der Waals surface area contributed by atoms with Gasteiger partial charge in [-0.05, 0) is 31.0 Å². The zero-order chi connectivity index (χ0) is 13.8. The van der Waals surface area contributed by atoms with Crippen LogP contribution < -0.4 is 11.3 Å². The highest BCUT2D eigenvalue weighted by molar-refractivity contribution is 6.42. The van der Waals surface area contributed by atoms with Crippen molar-refractivity contribution < 1.29 is 0 Å². The van der Waals surface area contributed by atoms with Crippen molar-refractivity contribution in [2.24, 2.45) is 5.84 Å². The van der Waals surface area contributed by atoms with Gasteiger partial charge in [0, 0.05) is 6.54 Å². The van der Waals surface area contributed by atoms with Gasteiger partial charge in [0.25, 0.3) is 0 Å². The normalized spacial score (nSPS) is 12.6. The predicted octanol–water partition coefficient (Wildman–Crippen LogP) is 2.35. The van der Waals surface area contributed by atoms with Crippen LogP contribution in [0.2, 0.25) is 10.0 Å². The van der Waals surface area contributed by atoms with Gasteiger partial charge in [0.1, 0.15) is 0 Å². The largest absolute Gasteiger partial charge is 0.271 e. The monoisotopic (exact) mass is 299 g/mol. The van der Waals surface area contributed by atoms with Crippen molar-refractivity contribution in [3.8, 4) is 0 Å². The molecule has 1 heterocycles. The number of rotatable bonds is 5. The molecule has 0 saturated carbocycles. The molecule has 0 fully saturated rings. The summed E-state index contributed by atoms with van der Waals surface area (Å²) in [5.41, 5.74) is 4.77. The standard InChI is InChI=1S/C12H15Cl2N5/c1-2-19-12(7-16-18-19)11(17-15)6-8-3-4-9(13)10(14)5-8/h3-5,7,11,17H,2,6,15H2,1H3. The molecule has 7 heteroatoms. The first kappa shape index (κ1) is 14.3. The van der Waals surface area contributed by atoms with Crippen LogP contribution in [0, 0.1) is 0 Å². The molecule has 2 aromatic rings. The van der Waals surface area contributed by atoms with Crippen LogP contribution in [0.5, 0.6) is 0 Å². The lowest BCUT2D eigenvalue weighted by Gasteiger charge is -2.16. The molecule has 1 aromatic heterocycles. The number of hydrogen-bond acceptors (Lipinski definition) is 4. The topological polar surface area (TPSA) is 68.8 Å². The molecule has 1 atom stereocenters. The van der Waals surface area contributed by atoms with E-state index in [9.17, 15) is 0 Å². The van der Waals surface area contributed by atoms with Crippen molar-refractivity contribution >= 4 is 23.2 Å². The second kappa shape index (κ2) is 6.34. The van der Waals surface area contributed by atoms with Crippen LogP contribution in [0.15, 0.2) is 24.4 Å². The molecule has 1 unspecified atom stereocenters. The minimum Gasteiger partial charge on any atom is -0.271 e. The van der Waals surface area contributed by atoms with Crippen LogP contribution >= 0.6 is 23.2 Å². The summed E-state index contributed by atoms with van der Waals surface area (Å²) in [4.78, 5) is 0. The van der Waals surface area contributed by atoms with E-state index in [0.717, 1.165) is 17.8 Å². The number of hydrazine groups is 1. The van der Waals surface area contributed by atoms with Gasteiger partial charge in [-0.1, -0.05) is 34.5 Å². The lowest BCUT2D eigenvalue weighted by atomic mass is 10.0. The van der Waals surface area contributed by atoms with Gasteiger partial charge in [-0.3, -0.25) is 11.3 Å². The molecule has 1 aromatic carbocycles. The van der Waals surface area contributed by atoms with E-state index in [0.29, 0.717) is 16.5 Å². The number of nitrogens with zero attached hydrogens (tertiary/aromatic N) is 3. The highest BCUT2D eigenvalue weighted by Crippen LogP contribution is 2.25. The first-order chi connectivity index (χ1) is 9.15. The Morgan fingerprint density at radius 3 is 2.79 bits per heavy atom. The van der Waals surface area contributed by atoms with Crippen molar-refractivity contribution in [3.63, 3.8) is 0 Å². The summed E-state index contributed by atoms with van der Waals surface area (Å²) in [7, 11) is 0. The molecule has 102 valence electrons. The highest BCUT2D eigenvalue weighted by atomic mass is 35.5.